The molecule has 1 heterocycles. The lowest BCUT2D eigenvalue weighted by Gasteiger charge is -2.19. The van der Waals surface area contributed by atoms with Gasteiger partial charge in [-0.15, -0.1) is 0 Å². The first kappa shape index (κ1) is 21.4. The lowest BCUT2D eigenvalue weighted by molar-refractivity contribution is -0.122. The number of amides is 2. The minimum Gasteiger partial charge on any atom is -0.489 e. The highest BCUT2D eigenvalue weighted by atomic mass is 16.5. The molecule has 3 aromatic rings. The summed E-state index contributed by atoms with van der Waals surface area (Å²) in [4.78, 5) is 26.3. The van der Waals surface area contributed by atoms with Crippen molar-refractivity contribution in [3.63, 3.8) is 0 Å². The van der Waals surface area contributed by atoms with Crippen LogP contribution in [-0.4, -0.2) is 24.5 Å². The van der Waals surface area contributed by atoms with Crippen molar-refractivity contribution in [2.75, 3.05) is 16.8 Å². The van der Waals surface area contributed by atoms with E-state index in [1.807, 2.05) is 54.6 Å². The molecule has 164 valence electrons. The van der Waals surface area contributed by atoms with Crippen LogP contribution < -0.4 is 19.7 Å². The summed E-state index contributed by atoms with van der Waals surface area (Å²) < 4.78 is 11.6. The summed E-state index contributed by atoms with van der Waals surface area (Å²) >= 11 is 0. The Bertz CT molecular complexity index is 1070. The van der Waals surface area contributed by atoms with Gasteiger partial charge in [-0.05, 0) is 55.3 Å². The van der Waals surface area contributed by atoms with E-state index in [1.165, 1.54) is 0 Å². The average Bonchev–Trinajstić information content (AvgIpc) is 3.25. The number of nitrogens with one attached hydrogen (secondary N) is 1. The zero-order valence-electron chi connectivity index (χ0n) is 18.0. The molecule has 0 radical (unpaired) electrons. The molecule has 4 rings (SSSR count). The van der Waals surface area contributed by atoms with Crippen molar-refractivity contribution in [2.24, 2.45) is 0 Å². The quantitative estimate of drug-likeness (QED) is 0.558. The highest BCUT2D eigenvalue weighted by Gasteiger charge is 2.22. The summed E-state index contributed by atoms with van der Waals surface area (Å²) in [7, 11) is 0. The lowest BCUT2D eigenvalue weighted by atomic mass is 10.2. The molecule has 1 aliphatic rings. The van der Waals surface area contributed by atoms with Crippen molar-refractivity contribution in [1.82, 2.24) is 0 Å². The molecule has 6 heteroatoms. The summed E-state index contributed by atoms with van der Waals surface area (Å²) in [5, 5.41) is 2.86. The van der Waals surface area contributed by atoms with E-state index in [-0.39, 0.29) is 11.8 Å². The maximum Gasteiger partial charge on any atom is 0.265 e. The van der Waals surface area contributed by atoms with E-state index >= 15 is 0 Å². The van der Waals surface area contributed by atoms with Gasteiger partial charge in [-0.25, -0.2) is 0 Å². The molecule has 6 nitrogen and oxygen atoms in total. The first-order valence-electron chi connectivity index (χ1n) is 10.7. The molecular formula is C26H26N2O4. The second-order valence-corrected chi connectivity index (χ2v) is 7.69. The second kappa shape index (κ2) is 10.0. The third kappa shape index (κ3) is 5.46. The molecule has 0 aliphatic carbocycles. The van der Waals surface area contributed by atoms with Gasteiger partial charge in [-0.2, -0.15) is 0 Å². The van der Waals surface area contributed by atoms with Crippen molar-refractivity contribution >= 4 is 23.2 Å². The number of nitrogens with zero attached hydrogens (tertiary/aromatic N) is 1. The van der Waals surface area contributed by atoms with Gasteiger partial charge in [-0.3, -0.25) is 9.59 Å². The summed E-state index contributed by atoms with van der Waals surface area (Å²) in [6, 6.07) is 24.5. The molecule has 1 fully saturated rings. The molecule has 0 unspecified atom stereocenters. The van der Waals surface area contributed by atoms with Crippen molar-refractivity contribution in [1.29, 1.82) is 0 Å². The fourth-order valence-electron chi connectivity index (χ4n) is 3.52. The minimum atomic E-state index is -0.700. The van der Waals surface area contributed by atoms with E-state index in [1.54, 1.807) is 36.1 Å². The Morgan fingerprint density at radius 1 is 1.00 bits per heavy atom. The number of hydrogen-bond donors (Lipinski definition) is 1. The van der Waals surface area contributed by atoms with E-state index in [0.717, 1.165) is 23.4 Å². The van der Waals surface area contributed by atoms with Crippen LogP contribution in [0.1, 0.15) is 25.3 Å². The number of benzene rings is 3. The summed E-state index contributed by atoms with van der Waals surface area (Å²) in [5.41, 5.74) is 2.55. The van der Waals surface area contributed by atoms with Crippen LogP contribution in [0, 0.1) is 0 Å². The van der Waals surface area contributed by atoms with Crippen LogP contribution in [0.15, 0.2) is 78.9 Å². The predicted molar refractivity (Wildman–Crippen MR) is 124 cm³/mol. The van der Waals surface area contributed by atoms with Gasteiger partial charge in [0.25, 0.3) is 5.91 Å². The van der Waals surface area contributed by atoms with Crippen molar-refractivity contribution < 1.29 is 19.1 Å². The second-order valence-electron chi connectivity index (χ2n) is 7.69. The summed E-state index contributed by atoms with van der Waals surface area (Å²) in [6.07, 6.45) is 0.729. The molecule has 1 aliphatic heterocycles. The smallest absolute Gasteiger partial charge is 0.265 e. The van der Waals surface area contributed by atoms with Crippen LogP contribution in [0.25, 0.3) is 0 Å². The first-order valence-corrected chi connectivity index (χ1v) is 10.7. The largest absolute Gasteiger partial charge is 0.489 e. The molecule has 1 N–H and O–H groups in total. The standard InChI is InChI=1S/C26H26N2O4/c1-19(32-24-10-5-9-22(17-24)28-16-6-11-25(28)29)26(30)27-21-12-14-23(15-13-21)31-18-20-7-3-2-4-8-20/h2-5,7-10,12-15,17,19H,6,11,16,18H2,1H3,(H,27,30)/t19-/m1/s1. The van der Waals surface area contributed by atoms with Gasteiger partial charge < -0.3 is 19.7 Å². The van der Waals surface area contributed by atoms with Crippen LogP contribution >= 0.6 is 0 Å². The fourth-order valence-corrected chi connectivity index (χ4v) is 3.52. The zero-order valence-corrected chi connectivity index (χ0v) is 18.0. The molecule has 0 aromatic heterocycles. The first-order chi connectivity index (χ1) is 15.6. The Kier molecular flexibility index (Phi) is 6.70. The number of carbonyl (C=O) groups excluding carboxylic acids is 2. The van der Waals surface area contributed by atoms with Crippen LogP contribution in [0.3, 0.4) is 0 Å². The van der Waals surface area contributed by atoms with E-state index < -0.39 is 6.10 Å². The number of anilines is 2. The molecule has 32 heavy (non-hydrogen) atoms. The Hall–Kier alpha value is -3.80. The van der Waals surface area contributed by atoms with E-state index in [2.05, 4.69) is 5.32 Å². The van der Waals surface area contributed by atoms with Gasteiger partial charge in [0, 0.05) is 30.4 Å². The van der Waals surface area contributed by atoms with Crippen molar-refractivity contribution in [3.05, 3.63) is 84.4 Å². The average molecular weight is 431 g/mol. The van der Waals surface area contributed by atoms with Crippen LogP contribution in [0.4, 0.5) is 11.4 Å². The Labute approximate surface area is 187 Å². The van der Waals surface area contributed by atoms with Crippen molar-refractivity contribution in [2.45, 2.75) is 32.5 Å². The number of carbonyl (C=O) groups is 2. The van der Waals surface area contributed by atoms with Gasteiger partial charge in [0.1, 0.15) is 18.1 Å². The SMILES string of the molecule is C[C@@H](Oc1cccc(N2CCCC2=O)c1)C(=O)Nc1ccc(OCc2ccccc2)cc1. The summed E-state index contributed by atoms with van der Waals surface area (Å²) in [6.45, 7) is 2.89. The third-order valence-electron chi connectivity index (χ3n) is 5.25. The molecule has 1 atom stereocenters. The van der Waals surface area contributed by atoms with Gasteiger partial charge in [-0.1, -0.05) is 36.4 Å². The van der Waals surface area contributed by atoms with Crippen molar-refractivity contribution in [3.8, 4) is 11.5 Å². The Balaban J connectivity index is 1.30. The summed E-state index contributed by atoms with van der Waals surface area (Å²) in [5.74, 6) is 1.13. The van der Waals surface area contributed by atoms with Crippen LogP contribution in [-0.2, 0) is 16.2 Å². The lowest BCUT2D eigenvalue weighted by Crippen LogP contribution is -2.30. The number of rotatable bonds is 8. The molecule has 0 saturated carbocycles. The molecule has 3 aromatic carbocycles. The van der Waals surface area contributed by atoms with Gasteiger partial charge >= 0.3 is 0 Å². The normalized spacial score (nSPS) is 14.2. The monoisotopic (exact) mass is 430 g/mol. The minimum absolute atomic E-state index is 0.115. The van der Waals surface area contributed by atoms with Gasteiger partial charge in [0.15, 0.2) is 6.10 Å². The topological polar surface area (TPSA) is 67.9 Å². The molecule has 0 bridgehead atoms. The maximum atomic E-state index is 12.6. The third-order valence-corrected chi connectivity index (χ3v) is 5.25. The number of ether oxygens (including phenoxy) is 2. The zero-order chi connectivity index (χ0) is 22.3. The molecular weight excluding hydrogens is 404 g/mol. The van der Waals surface area contributed by atoms with E-state index in [4.69, 9.17) is 9.47 Å². The highest BCUT2D eigenvalue weighted by Crippen LogP contribution is 2.26. The predicted octanol–water partition coefficient (Wildman–Crippen LogP) is 4.80. The Morgan fingerprint density at radius 2 is 1.78 bits per heavy atom. The van der Waals surface area contributed by atoms with Gasteiger partial charge in [0.2, 0.25) is 5.91 Å². The van der Waals surface area contributed by atoms with E-state index in [9.17, 15) is 9.59 Å². The fraction of sp³-hybridized carbons (Fsp3) is 0.231. The van der Waals surface area contributed by atoms with Crippen LogP contribution in [0.5, 0.6) is 11.5 Å². The van der Waals surface area contributed by atoms with Gasteiger partial charge in [0.05, 0.1) is 0 Å². The number of hydrogen-bond acceptors (Lipinski definition) is 4. The molecule has 1 saturated heterocycles. The Morgan fingerprint density at radius 3 is 2.50 bits per heavy atom. The van der Waals surface area contributed by atoms with Crippen LogP contribution in [0.2, 0.25) is 0 Å². The molecule has 0 spiro atoms. The maximum absolute atomic E-state index is 12.6. The van der Waals surface area contributed by atoms with E-state index in [0.29, 0.717) is 31.0 Å². The highest BCUT2D eigenvalue weighted by molar-refractivity contribution is 5.96. The molecule has 2 amide bonds.